The predicted octanol–water partition coefficient (Wildman–Crippen LogP) is 3.46. The number of methoxy groups -OCH3 is 1. The number of hydrogen-bond acceptors (Lipinski definition) is 6. The number of nitrogens with one attached hydrogen (secondary N) is 2. The van der Waals surface area contributed by atoms with Crippen molar-refractivity contribution in [1.82, 2.24) is 5.32 Å². The molecule has 0 heterocycles. The predicted molar refractivity (Wildman–Crippen MR) is 106 cm³/mol. The number of hydrogen-bond donors (Lipinski definition) is 2. The van der Waals surface area contributed by atoms with E-state index in [4.69, 9.17) is 33.3 Å². The van der Waals surface area contributed by atoms with E-state index in [0.717, 1.165) is 5.56 Å². The fourth-order valence-electron chi connectivity index (χ4n) is 2.14. The number of ether oxygens (including phenoxy) is 2. The minimum Gasteiger partial charge on any atom is -0.495 e. The Kier molecular flexibility index (Phi) is 6.91. The van der Waals surface area contributed by atoms with Crippen molar-refractivity contribution in [2.24, 2.45) is 0 Å². The van der Waals surface area contributed by atoms with E-state index in [0.29, 0.717) is 16.5 Å². The number of halogens is 1. The van der Waals surface area contributed by atoms with Gasteiger partial charge in [-0.15, -0.1) is 0 Å². The van der Waals surface area contributed by atoms with E-state index < -0.39 is 10.8 Å². The Balaban J connectivity index is 1.96. The largest absolute Gasteiger partial charge is 0.495 e. The van der Waals surface area contributed by atoms with Crippen LogP contribution < -0.4 is 20.1 Å². The van der Waals surface area contributed by atoms with Crippen LogP contribution in [0.5, 0.6) is 11.5 Å². The van der Waals surface area contributed by atoms with Gasteiger partial charge in [0.15, 0.2) is 11.7 Å². The number of aryl methyl sites for hydroxylation is 1. The number of rotatable bonds is 6. The number of benzene rings is 2. The maximum Gasteiger partial charge on any atom is 0.271 e. The zero-order chi connectivity index (χ0) is 20.0. The van der Waals surface area contributed by atoms with Crippen molar-refractivity contribution in [3.63, 3.8) is 0 Å². The number of carbonyl (C=O) groups excluding carboxylic acids is 1. The summed E-state index contributed by atoms with van der Waals surface area (Å²) in [6, 6.07) is 9.02. The van der Waals surface area contributed by atoms with Gasteiger partial charge in [-0.1, -0.05) is 11.6 Å². The summed E-state index contributed by atoms with van der Waals surface area (Å²) in [5.41, 5.74) is 0.901. The Labute approximate surface area is 165 Å². The van der Waals surface area contributed by atoms with Crippen LogP contribution in [0, 0.1) is 17.0 Å². The smallest absolute Gasteiger partial charge is 0.271 e. The lowest BCUT2D eigenvalue weighted by Crippen LogP contribution is -2.37. The molecule has 0 bridgehead atoms. The van der Waals surface area contributed by atoms with Crippen LogP contribution in [0.4, 0.5) is 11.4 Å². The van der Waals surface area contributed by atoms with Crippen molar-refractivity contribution in [3.05, 3.63) is 57.1 Å². The quantitative estimate of drug-likeness (QED) is 0.428. The van der Waals surface area contributed by atoms with Crippen LogP contribution in [0.2, 0.25) is 5.02 Å². The van der Waals surface area contributed by atoms with Crippen LogP contribution in [0.3, 0.4) is 0 Å². The van der Waals surface area contributed by atoms with Crippen LogP contribution in [-0.2, 0) is 4.79 Å². The molecule has 2 rings (SSSR count). The molecule has 0 atom stereocenters. The molecule has 27 heavy (non-hydrogen) atoms. The van der Waals surface area contributed by atoms with Crippen molar-refractivity contribution >= 4 is 46.2 Å². The molecular formula is C17H16ClN3O5S. The molecule has 8 nitrogen and oxygen atoms in total. The van der Waals surface area contributed by atoms with E-state index in [9.17, 15) is 14.9 Å². The molecule has 2 N–H and O–H groups in total. The fraction of sp³-hybridized carbons (Fsp3) is 0.176. The number of non-ortho nitro benzene ring substituents is 1. The minimum atomic E-state index is -0.547. The molecule has 0 aromatic heterocycles. The summed E-state index contributed by atoms with van der Waals surface area (Å²) in [6.07, 6.45) is 0. The summed E-state index contributed by atoms with van der Waals surface area (Å²) >= 11 is 10.9. The average Bonchev–Trinajstić information content (AvgIpc) is 2.60. The summed E-state index contributed by atoms with van der Waals surface area (Å²) in [5.74, 6) is 0.366. The Morgan fingerprint density at radius 1 is 1.26 bits per heavy atom. The highest BCUT2D eigenvalue weighted by Crippen LogP contribution is 2.28. The standard InChI is InChI=1S/C17H16ClN3O5S/c1-10-7-11(18)3-5-14(10)26-9-16(22)20-17(27)19-13-8-12(21(23)24)4-6-15(13)25-2/h3-8H,9H2,1-2H3,(H2,19,20,22,27). The monoisotopic (exact) mass is 409 g/mol. The van der Waals surface area contributed by atoms with Gasteiger partial charge >= 0.3 is 0 Å². The molecule has 0 saturated carbocycles. The molecule has 0 unspecified atom stereocenters. The first-order chi connectivity index (χ1) is 12.8. The lowest BCUT2D eigenvalue weighted by atomic mass is 10.2. The molecule has 0 aliphatic rings. The van der Waals surface area contributed by atoms with Gasteiger partial charge in [-0.3, -0.25) is 20.2 Å². The summed E-state index contributed by atoms with van der Waals surface area (Å²) in [7, 11) is 1.41. The van der Waals surface area contributed by atoms with Gasteiger partial charge in [0.05, 0.1) is 17.7 Å². The van der Waals surface area contributed by atoms with E-state index in [-0.39, 0.29) is 23.1 Å². The lowest BCUT2D eigenvalue weighted by Gasteiger charge is -2.13. The SMILES string of the molecule is COc1ccc([N+](=O)[O-])cc1NC(=S)NC(=O)COc1ccc(Cl)cc1C. The van der Waals surface area contributed by atoms with Crippen molar-refractivity contribution in [2.75, 3.05) is 19.0 Å². The number of nitro benzene ring substituents is 1. The minimum absolute atomic E-state index is 0.0461. The fourth-order valence-corrected chi connectivity index (χ4v) is 2.59. The molecule has 2 aromatic rings. The summed E-state index contributed by atoms with van der Waals surface area (Å²) < 4.78 is 10.5. The third-order valence-corrected chi connectivity index (χ3v) is 3.83. The van der Waals surface area contributed by atoms with E-state index in [1.807, 2.05) is 0 Å². The maximum atomic E-state index is 12.0. The van der Waals surface area contributed by atoms with Gasteiger partial charge in [0.1, 0.15) is 11.5 Å². The Morgan fingerprint density at radius 3 is 2.59 bits per heavy atom. The normalized spacial score (nSPS) is 10.0. The van der Waals surface area contributed by atoms with E-state index in [1.54, 1.807) is 25.1 Å². The number of thiocarbonyl (C=S) groups is 1. The molecule has 0 aliphatic carbocycles. The highest BCUT2D eigenvalue weighted by molar-refractivity contribution is 7.80. The van der Waals surface area contributed by atoms with Gasteiger partial charge < -0.3 is 14.8 Å². The zero-order valence-electron chi connectivity index (χ0n) is 14.4. The van der Waals surface area contributed by atoms with Gasteiger partial charge in [-0.05, 0) is 49.0 Å². The van der Waals surface area contributed by atoms with Crippen molar-refractivity contribution in [1.29, 1.82) is 0 Å². The van der Waals surface area contributed by atoms with Crippen LogP contribution in [0.1, 0.15) is 5.56 Å². The first-order valence-electron chi connectivity index (χ1n) is 7.62. The molecular weight excluding hydrogens is 394 g/mol. The van der Waals surface area contributed by atoms with Crippen LogP contribution in [-0.4, -0.2) is 29.7 Å². The topological polar surface area (TPSA) is 103 Å². The second-order valence-electron chi connectivity index (χ2n) is 5.34. The maximum absolute atomic E-state index is 12.0. The molecule has 10 heteroatoms. The average molecular weight is 410 g/mol. The highest BCUT2D eigenvalue weighted by atomic mass is 35.5. The van der Waals surface area contributed by atoms with Gasteiger partial charge in [-0.25, -0.2) is 0 Å². The first-order valence-corrected chi connectivity index (χ1v) is 8.41. The first kappa shape index (κ1) is 20.4. The van der Waals surface area contributed by atoms with E-state index >= 15 is 0 Å². The van der Waals surface area contributed by atoms with Crippen molar-refractivity contribution in [3.8, 4) is 11.5 Å². The van der Waals surface area contributed by atoms with Crippen LogP contribution >= 0.6 is 23.8 Å². The Hall–Kier alpha value is -2.91. The van der Waals surface area contributed by atoms with Gasteiger partial charge in [-0.2, -0.15) is 0 Å². The lowest BCUT2D eigenvalue weighted by molar-refractivity contribution is -0.384. The third-order valence-electron chi connectivity index (χ3n) is 3.39. The van der Waals surface area contributed by atoms with E-state index in [2.05, 4.69) is 10.6 Å². The molecule has 2 aromatic carbocycles. The van der Waals surface area contributed by atoms with Gasteiger partial charge in [0.25, 0.3) is 11.6 Å². The molecule has 1 amide bonds. The second kappa shape index (κ2) is 9.15. The number of nitrogens with zero attached hydrogens (tertiary/aromatic N) is 1. The highest BCUT2D eigenvalue weighted by Gasteiger charge is 2.14. The number of amides is 1. The molecule has 0 aliphatic heterocycles. The van der Waals surface area contributed by atoms with Crippen LogP contribution in [0.25, 0.3) is 0 Å². The Bertz CT molecular complexity index is 891. The third kappa shape index (κ3) is 5.80. The molecule has 142 valence electrons. The second-order valence-corrected chi connectivity index (χ2v) is 6.19. The summed E-state index contributed by atoms with van der Waals surface area (Å²) in [5, 5.41) is 16.6. The van der Waals surface area contributed by atoms with Crippen molar-refractivity contribution < 1.29 is 19.2 Å². The summed E-state index contributed by atoms with van der Waals surface area (Å²) in [6.45, 7) is 1.54. The molecule has 0 fully saturated rings. The zero-order valence-corrected chi connectivity index (χ0v) is 16.0. The van der Waals surface area contributed by atoms with Crippen LogP contribution in [0.15, 0.2) is 36.4 Å². The Morgan fingerprint density at radius 2 is 1.96 bits per heavy atom. The number of nitro groups is 1. The van der Waals surface area contributed by atoms with E-state index in [1.165, 1.54) is 25.3 Å². The number of carbonyl (C=O) groups is 1. The number of anilines is 1. The molecule has 0 saturated heterocycles. The molecule has 0 radical (unpaired) electrons. The summed E-state index contributed by atoms with van der Waals surface area (Å²) in [4.78, 5) is 22.3. The van der Waals surface area contributed by atoms with Gasteiger partial charge in [0, 0.05) is 17.2 Å². The van der Waals surface area contributed by atoms with Crippen molar-refractivity contribution in [2.45, 2.75) is 6.92 Å². The van der Waals surface area contributed by atoms with Gasteiger partial charge in [0.2, 0.25) is 0 Å². The molecule has 0 spiro atoms.